The second-order valence-electron chi connectivity index (χ2n) is 7.72. The number of nitrogens with one attached hydrogen (secondary N) is 1. The zero-order chi connectivity index (χ0) is 22.8. The van der Waals surface area contributed by atoms with Crippen molar-refractivity contribution in [3.05, 3.63) is 64.2 Å². The van der Waals surface area contributed by atoms with Crippen LogP contribution in [-0.2, 0) is 16.1 Å². The maximum absolute atomic E-state index is 13.2. The average Bonchev–Trinajstić information content (AvgIpc) is 2.75. The zero-order valence-electron chi connectivity index (χ0n) is 18.9. The first-order valence-corrected chi connectivity index (χ1v) is 11.3. The second kappa shape index (κ2) is 12.4. The topological polar surface area (TPSA) is 58.6 Å². The molecule has 1 unspecified atom stereocenters. The fourth-order valence-corrected chi connectivity index (χ4v) is 3.46. The molecule has 6 heteroatoms. The molecule has 0 bridgehead atoms. The molecule has 0 spiro atoms. The summed E-state index contributed by atoms with van der Waals surface area (Å²) in [6.45, 7) is 8.70. The number of carbonyl (C=O) groups is 2. The Balaban J connectivity index is 2.20. The Bertz CT molecular complexity index is 885. The van der Waals surface area contributed by atoms with Gasteiger partial charge in [0.2, 0.25) is 5.91 Å². The maximum Gasteiger partial charge on any atom is 0.261 e. The monoisotopic (exact) mass is 444 g/mol. The molecule has 5 nitrogen and oxygen atoms in total. The van der Waals surface area contributed by atoms with Crippen molar-refractivity contribution in [1.29, 1.82) is 0 Å². The molecule has 1 N–H and O–H groups in total. The number of benzene rings is 2. The van der Waals surface area contributed by atoms with Crippen molar-refractivity contribution < 1.29 is 14.3 Å². The molecule has 2 aromatic rings. The number of rotatable bonds is 11. The van der Waals surface area contributed by atoms with Crippen molar-refractivity contribution in [2.45, 2.75) is 59.5 Å². The van der Waals surface area contributed by atoms with E-state index >= 15 is 0 Å². The number of hydrogen-bond acceptors (Lipinski definition) is 3. The summed E-state index contributed by atoms with van der Waals surface area (Å²) in [6, 6.07) is 12.5. The van der Waals surface area contributed by atoms with Gasteiger partial charge in [0.05, 0.1) is 0 Å². The van der Waals surface area contributed by atoms with Gasteiger partial charge in [0.15, 0.2) is 6.61 Å². The summed E-state index contributed by atoms with van der Waals surface area (Å²) in [6.07, 6.45) is 2.39. The number of carbonyl (C=O) groups excluding carboxylic acids is 2. The highest BCUT2D eigenvalue weighted by Crippen LogP contribution is 2.21. The normalized spacial score (nSPS) is 11.6. The lowest BCUT2D eigenvalue weighted by molar-refractivity contribution is -0.143. The molecule has 0 aliphatic rings. The highest BCUT2D eigenvalue weighted by Gasteiger charge is 2.29. The smallest absolute Gasteiger partial charge is 0.261 e. The Labute approximate surface area is 190 Å². The van der Waals surface area contributed by atoms with E-state index in [4.69, 9.17) is 16.3 Å². The minimum Gasteiger partial charge on any atom is -0.484 e. The summed E-state index contributed by atoms with van der Waals surface area (Å²) in [7, 11) is 0. The van der Waals surface area contributed by atoms with Gasteiger partial charge < -0.3 is 15.0 Å². The van der Waals surface area contributed by atoms with Crippen molar-refractivity contribution in [1.82, 2.24) is 10.2 Å². The minimum atomic E-state index is -0.594. The molecule has 2 aromatic carbocycles. The van der Waals surface area contributed by atoms with Gasteiger partial charge in [0.1, 0.15) is 11.8 Å². The van der Waals surface area contributed by atoms with Crippen LogP contribution in [0.2, 0.25) is 5.02 Å². The first-order chi connectivity index (χ1) is 14.9. The molecule has 2 amide bonds. The van der Waals surface area contributed by atoms with Crippen molar-refractivity contribution in [3.63, 3.8) is 0 Å². The van der Waals surface area contributed by atoms with Crippen molar-refractivity contribution in [2.24, 2.45) is 0 Å². The number of ether oxygens (including phenoxy) is 1. The third-order valence-electron chi connectivity index (χ3n) is 5.35. The molecule has 0 radical (unpaired) electrons. The van der Waals surface area contributed by atoms with Gasteiger partial charge in [-0.2, -0.15) is 0 Å². The highest BCUT2D eigenvalue weighted by molar-refractivity contribution is 6.31. The fourth-order valence-electron chi connectivity index (χ4n) is 3.27. The summed E-state index contributed by atoms with van der Waals surface area (Å²) in [5, 5.41) is 3.52. The maximum atomic E-state index is 13.2. The van der Waals surface area contributed by atoms with Crippen molar-refractivity contribution in [3.8, 4) is 5.75 Å². The molecule has 0 fully saturated rings. The molecule has 31 heavy (non-hydrogen) atoms. The van der Waals surface area contributed by atoms with Crippen LogP contribution in [0, 0.1) is 13.8 Å². The number of hydrogen-bond donors (Lipinski definition) is 1. The third kappa shape index (κ3) is 7.28. The van der Waals surface area contributed by atoms with Crippen LogP contribution in [0.3, 0.4) is 0 Å². The van der Waals surface area contributed by atoms with E-state index in [0.717, 1.165) is 29.5 Å². The van der Waals surface area contributed by atoms with Crippen LogP contribution in [0.25, 0.3) is 0 Å². The van der Waals surface area contributed by atoms with E-state index in [0.29, 0.717) is 23.7 Å². The van der Waals surface area contributed by atoms with Gasteiger partial charge >= 0.3 is 0 Å². The minimum absolute atomic E-state index is 0.147. The Morgan fingerprint density at radius 1 is 1.10 bits per heavy atom. The summed E-state index contributed by atoms with van der Waals surface area (Å²) in [5.41, 5.74) is 3.05. The summed E-state index contributed by atoms with van der Waals surface area (Å²) in [4.78, 5) is 27.6. The van der Waals surface area contributed by atoms with Gasteiger partial charge in [0.25, 0.3) is 5.91 Å². The van der Waals surface area contributed by atoms with Gasteiger partial charge in [-0.3, -0.25) is 9.59 Å². The van der Waals surface area contributed by atoms with Crippen molar-refractivity contribution in [2.75, 3.05) is 13.2 Å². The third-order valence-corrected chi connectivity index (χ3v) is 5.72. The largest absolute Gasteiger partial charge is 0.484 e. The lowest BCUT2D eigenvalue weighted by Crippen LogP contribution is -2.50. The van der Waals surface area contributed by atoms with Crippen LogP contribution in [0.1, 0.15) is 49.8 Å². The van der Waals surface area contributed by atoms with Gasteiger partial charge in [-0.15, -0.1) is 0 Å². The summed E-state index contributed by atoms with van der Waals surface area (Å²) < 4.78 is 5.77. The van der Waals surface area contributed by atoms with Crippen molar-refractivity contribution >= 4 is 23.4 Å². The number of halogens is 1. The zero-order valence-corrected chi connectivity index (χ0v) is 19.7. The fraction of sp³-hybridized carbons (Fsp3) is 0.440. The SMILES string of the molecule is CCCCNC(=O)C(CC)N(Cc1ccccc1Cl)C(=O)COc1ccc(C)c(C)c1. The van der Waals surface area contributed by atoms with E-state index in [1.54, 1.807) is 11.0 Å². The molecule has 0 saturated heterocycles. The standard InChI is InChI=1S/C25H33ClN2O3/c1-5-7-14-27-25(30)23(6-2)28(16-20-10-8-9-11-22(20)26)24(29)17-31-21-13-12-18(3)19(4)15-21/h8-13,15,23H,5-7,14,16-17H2,1-4H3,(H,27,30). The lowest BCUT2D eigenvalue weighted by atomic mass is 10.1. The predicted molar refractivity (Wildman–Crippen MR) is 125 cm³/mol. The molecule has 1 atom stereocenters. The van der Waals surface area contributed by atoms with Crippen LogP contribution in [0.15, 0.2) is 42.5 Å². The highest BCUT2D eigenvalue weighted by atomic mass is 35.5. The molecule has 0 saturated carbocycles. The quantitative estimate of drug-likeness (QED) is 0.493. The van der Waals surface area contributed by atoms with Gasteiger partial charge in [-0.1, -0.05) is 56.1 Å². The van der Waals surface area contributed by atoms with Gasteiger partial charge in [-0.05, 0) is 61.6 Å². The van der Waals surface area contributed by atoms with E-state index < -0.39 is 6.04 Å². The first-order valence-electron chi connectivity index (χ1n) is 10.9. The van der Waals surface area contributed by atoms with Crippen LogP contribution >= 0.6 is 11.6 Å². The van der Waals surface area contributed by atoms with E-state index in [9.17, 15) is 9.59 Å². The Morgan fingerprint density at radius 2 is 1.84 bits per heavy atom. The van der Waals surface area contributed by atoms with Crippen LogP contribution < -0.4 is 10.1 Å². The van der Waals surface area contributed by atoms with Crippen LogP contribution in [0.5, 0.6) is 5.75 Å². The molecule has 168 valence electrons. The molecular weight excluding hydrogens is 412 g/mol. The Morgan fingerprint density at radius 3 is 2.48 bits per heavy atom. The summed E-state index contributed by atoms with van der Waals surface area (Å²) in [5.74, 6) is 0.229. The average molecular weight is 445 g/mol. The number of amides is 2. The number of aryl methyl sites for hydroxylation is 2. The molecule has 0 aromatic heterocycles. The molecule has 2 rings (SSSR count). The van der Waals surface area contributed by atoms with Gasteiger partial charge in [0, 0.05) is 18.1 Å². The second-order valence-corrected chi connectivity index (χ2v) is 8.12. The van der Waals surface area contributed by atoms with Crippen LogP contribution in [0.4, 0.5) is 0 Å². The first kappa shape index (κ1) is 24.7. The molecule has 0 aliphatic carbocycles. The van der Waals surface area contributed by atoms with E-state index in [1.165, 1.54) is 0 Å². The molecule has 0 heterocycles. The Kier molecular flexibility index (Phi) is 9.86. The number of nitrogens with zero attached hydrogens (tertiary/aromatic N) is 1. The van der Waals surface area contributed by atoms with E-state index in [2.05, 4.69) is 12.2 Å². The summed E-state index contributed by atoms with van der Waals surface area (Å²) >= 11 is 6.34. The predicted octanol–water partition coefficient (Wildman–Crippen LogP) is 5.06. The molecule has 0 aliphatic heterocycles. The molecular formula is C25H33ClN2O3. The van der Waals surface area contributed by atoms with Crippen LogP contribution in [-0.4, -0.2) is 35.9 Å². The van der Waals surface area contributed by atoms with Gasteiger partial charge in [-0.25, -0.2) is 0 Å². The van der Waals surface area contributed by atoms with E-state index in [-0.39, 0.29) is 25.0 Å². The Hall–Kier alpha value is -2.53. The van der Waals surface area contributed by atoms with E-state index in [1.807, 2.05) is 57.2 Å². The lowest BCUT2D eigenvalue weighted by Gasteiger charge is -2.31. The number of unbranched alkanes of at least 4 members (excludes halogenated alkanes) is 1.